The van der Waals surface area contributed by atoms with E-state index in [1.165, 1.54) is 0 Å². The van der Waals surface area contributed by atoms with Crippen LogP contribution in [0.4, 0.5) is 22.7 Å². The summed E-state index contributed by atoms with van der Waals surface area (Å²) in [6, 6.07) is 95.4. The van der Waals surface area contributed by atoms with Crippen LogP contribution >= 0.6 is 50.5 Å². The number of aliphatic imine (C=N–C) groups is 4. The molecule has 0 spiro atoms. The van der Waals surface area contributed by atoms with Crippen LogP contribution in [0.5, 0.6) is 46.0 Å². The first-order valence-electron chi connectivity index (χ1n) is 33.3. The summed E-state index contributed by atoms with van der Waals surface area (Å²) in [5.41, 5.74) is 16.9. The molecule has 2 N–H and O–H groups in total. The SMILES string of the molecule is Sc1ccc(N=Cc2ccc(Oc3ccc4c(c3)-c3cc5[nH]c(cc6nc(cc7[nH]c(cc-4n3)c3cc(Oc4ccc(C=Nc8ccc(S)cc8)cc4)ccc73)-c3cc(Oc4ccc(C=Nc7ccc(S)cc7)cc4)ccc3-6)c3cc(Oc4ccc(C=Nc6ccc(S)cc6)cc4)ccc53)cc2)cc1. The molecule has 0 unspecified atom stereocenters. The molecule has 0 radical (unpaired) electrons. The Balaban J connectivity index is 0.788. The molecule has 17 rings (SSSR count). The van der Waals surface area contributed by atoms with Gasteiger partial charge in [0.05, 0.1) is 45.5 Å². The van der Waals surface area contributed by atoms with Gasteiger partial charge in [-0.05, 0) is 313 Å². The fraction of sp³-hybridized carbons (Fsp3) is 0. The number of rotatable bonds is 16. The average Bonchev–Trinajstić information content (AvgIpc) is 1.61. The number of aromatic amines is 2. The Kier molecular flexibility index (Phi) is 17.8. The van der Waals surface area contributed by atoms with Gasteiger partial charge in [0.15, 0.2) is 0 Å². The number of H-pyrrole nitrogens is 2. The molecule has 104 heavy (non-hydrogen) atoms. The van der Waals surface area contributed by atoms with Crippen molar-refractivity contribution in [3.05, 3.63) is 313 Å². The smallest absolute Gasteiger partial charge is 0.128 e. The van der Waals surface area contributed by atoms with E-state index in [1.807, 2.05) is 243 Å². The Morgan fingerprint density at radius 2 is 0.471 bits per heavy atom. The normalized spacial score (nSPS) is 11.9. The lowest BCUT2D eigenvalue weighted by Crippen LogP contribution is -1.87. The van der Waals surface area contributed by atoms with Crippen LogP contribution in [0.25, 0.3) is 88.6 Å². The van der Waals surface area contributed by atoms with Gasteiger partial charge >= 0.3 is 0 Å². The van der Waals surface area contributed by atoms with Crippen LogP contribution in [-0.2, 0) is 0 Å². The molecule has 3 aromatic heterocycles. The maximum atomic E-state index is 6.67. The summed E-state index contributed by atoms with van der Waals surface area (Å²) < 4.78 is 26.7. The highest BCUT2D eigenvalue weighted by molar-refractivity contribution is 7.80. The van der Waals surface area contributed by atoms with Gasteiger partial charge in [0, 0.05) is 110 Å². The van der Waals surface area contributed by atoms with Gasteiger partial charge in [-0.2, -0.15) is 0 Å². The van der Waals surface area contributed by atoms with Crippen molar-refractivity contribution in [2.45, 2.75) is 19.6 Å². The van der Waals surface area contributed by atoms with Crippen molar-refractivity contribution in [2.75, 3.05) is 0 Å². The molecule has 0 amide bonds. The number of benzene rings is 12. The van der Waals surface area contributed by atoms with Crippen LogP contribution in [0.3, 0.4) is 0 Å². The summed E-state index contributed by atoms with van der Waals surface area (Å²) in [5.74, 6) is 5.26. The van der Waals surface area contributed by atoms with Crippen LogP contribution in [0, 0.1) is 0 Å². The second-order valence-electron chi connectivity index (χ2n) is 24.9. The standard InChI is InChI=1S/C88H58N8O4S4/c101-69-29-9-57(10-30-69)89-49-53-1-17-61(18-2-53)97-65-25-37-73-77(41-65)85-45-82-74-38-26-66(98-62-19-3-54(4-20-62)50-90-58-11-31-70(102)32-12-58)42-78(74)87(94-82)47-84-76-40-28-68(100-64-23-7-56(8-24-64)52-92-60-15-35-72(104)36-16-60)44-80(76)88(96-84)48-83-75-39-27-67(43-79(75)86(95-83)46-81(73)93-85)99-63-21-5-55(6-22-63)51-91-59-13-33-71(103)34-14-59/h1-52,93,96,101-104H. The maximum Gasteiger partial charge on any atom is 0.128 e. The van der Waals surface area contributed by atoms with Crippen molar-refractivity contribution in [2.24, 2.45) is 20.0 Å². The van der Waals surface area contributed by atoms with E-state index in [1.54, 1.807) is 0 Å². The Hall–Kier alpha value is -12.4. The number of hydrogen-bond donors (Lipinski definition) is 6. The molecule has 12 aromatic carbocycles. The van der Waals surface area contributed by atoms with E-state index in [0.29, 0.717) is 46.0 Å². The molecule has 2 aliphatic heterocycles. The molecule has 8 bridgehead atoms. The predicted octanol–water partition coefficient (Wildman–Crippen LogP) is 24.6. The first-order valence-corrected chi connectivity index (χ1v) is 35.1. The summed E-state index contributed by atoms with van der Waals surface area (Å²) in [7, 11) is 0. The summed E-state index contributed by atoms with van der Waals surface area (Å²) in [5, 5.41) is 3.71. The van der Waals surface area contributed by atoms with Crippen LogP contribution in [-0.4, -0.2) is 44.8 Å². The molecule has 498 valence electrons. The van der Waals surface area contributed by atoms with Gasteiger partial charge in [-0.3, -0.25) is 20.0 Å². The second kappa shape index (κ2) is 28.5. The van der Waals surface area contributed by atoms with Gasteiger partial charge in [0.1, 0.15) is 46.0 Å². The number of nitrogens with one attached hydrogen (secondary N) is 2. The fourth-order valence-electron chi connectivity index (χ4n) is 12.4. The topological polar surface area (TPSA) is 144 Å². The Morgan fingerprint density at radius 1 is 0.231 bits per heavy atom. The number of thiol groups is 4. The summed E-state index contributed by atoms with van der Waals surface area (Å²) in [6.45, 7) is 0. The molecular formula is C88H58N8O4S4. The maximum absolute atomic E-state index is 6.67. The molecule has 12 nitrogen and oxygen atoms in total. The van der Waals surface area contributed by atoms with Crippen LogP contribution < -0.4 is 18.9 Å². The molecule has 16 heteroatoms. The molecule has 2 aliphatic rings. The first kappa shape index (κ1) is 64.9. The summed E-state index contributed by atoms with van der Waals surface area (Å²) in [4.78, 5) is 40.9. The van der Waals surface area contributed by atoms with Crippen molar-refractivity contribution in [3.8, 4) is 91.0 Å². The Bertz CT molecular complexity index is 5730. The zero-order valence-electron chi connectivity index (χ0n) is 55.1. The Morgan fingerprint density at radius 3 is 0.760 bits per heavy atom. The van der Waals surface area contributed by atoms with E-state index in [0.717, 1.165) is 153 Å². The van der Waals surface area contributed by atoms with Gasteiger partial charge in [-0.15, -0.1) is 50.5 Å². The first-order chi connectivity index (χ1) is 51.0. The van der Waals surface area contributed by atoms with Gasteiger partial charge in [0.25, 0.3) is 0 Å². The summed E-state index contributed by atoms with van der Waals surface area (Å²) >= 11 is 17.7. The van der Waals surface area contributed by atoms with Crippen LogP contribution in [0.2, 0.25) is 0 Å². The molecule has 0 saturated heterocycles. The lowest BCUT2D eigenvalue weighted by atomic mass is 10.0. The fourth-order valence-corrected chi connectivity index (χ4v) is 13.0. The zero-order chi connectivity index (χ0) is 70.0. The molecule has 5 heterocycles. The quantitative estimate of drug-likeness (QED) is 0.0420. The van der Waals surface area contributed by atoms with Gasteiger partial charge in [0.2, 0.25) is 0 Å². The number of fused-ring (bicyclic) bond motifs is 20. The van der Waals surface area contributed by atoms with Crippen molar-refractivity contribution in [1.29, 1.82) is 0 Å². The lowest BCUT2D eigenvalue weighted by Gasteiger charge is -2.08. The van der Waals surface area contributed by atoms with Crippen LogP contribution in [0.15, 0.2) is 331 Å². The highest BCUT2D eigenvalue weighted by Gasteiger charge is 2.23. The average molecular weight is 1420 g/mol. The molecule has 0 aliphatic carbocycles. The van der Waals surface area contributed by atoms with E-state index in [2.05, 4.69) is 153 Å². The highest BCUT2D eigenvalue weighted by Crippen LogP contribution is 2.45. The van der Waals surface area contributed by atoms with Crippen LogP contribution in [0.1, 0.15) is 22.3 Å². The minimum Gasteiger partial charge on any atom is -0.457 e. The van der Waals surface area contributed by atoms with E-state index < -0.39 is 0 Å². The summed E-state index contributed by atoms with van der Waals surface area (Å²) in [6.07, 6.45) is 7.35. The minimum absolute atomic E-state index is 0.642. The van der Waals surface area contributed by atoms with Crippen molar-refractivity contribution >= 4 is 142 Å². The molecule has 0 fully saturated rings. The number of ether oxygens (including phenoxy) is 4. The largest absolute Gasteiger partial charge is 0.457 e. The highest BCUT2D eigenvalue weighted by atomic mass is 32.1. The van der Waals surface area contributed by atoms with Gasteiger partial charge in [-0.1, -0.05) is 0 Å². The third kappa shape index (κ3) is 14.6. The van der Waals surface area contributed by atoms with Gasteiger partial charge in [-0.25, -0.2) is 9.97 Å². The van der Waals surface area contributed by atoms with Crippen molar-refractivity contribution < 1.29 is 18.9 Å². The van der Waals surface area contributed by atoms with Crippen molar-refractivity contribution in [3.63, 3.8) is 0 Å². The predicted molar refractivity (Wildman–Crippen MR) is 435 cm³/mol. The molecule has 0 saturated carbocycles. The molecule has 15 aromatic rings. The van der Waals surface area contributed by atoms with Crippen molar-refractivity contribution in [1.82, 2.24) is 19.9 Å². The lowest BCUT2D eigenvalue weighted by molar-refractivity contribution is 0.482. The third-order valence-electron chi connectivity index (χ3n) is 17.7. The number of hydrogen-bond acceptors (Lipinski definition) is 14. The Labute approximate surface area is 620 Å². The van der Waals surface area contributed by atoms with E-state index in [4.69, 9.17) is 28.9 Å². The minimum atomic E-state index is 0.642. The van der Waals surface area contributed by atoms with E-state index in [-0.39, 0.29) is 0 Å². The molecule has 0 atom stereocenters. The monoisotopic (exact) mass is 1420 g/mol. The molecular weight excluding hydrogens is 1360 g/mol. The number of aromatic nitrogens is 4. The number of nitrogens with zero attached hydrogens (tertiary/aromatic N) is 6. The van der Waals surface area contributed by atoms with Gasteiger partial charge < -0.3 is 28.9 Å². The third-order valence-corrected chi connectivity index (χ3v) is 18.9. The second-order valence-corrected chi connectivity index (χ2v) is 26.9. The van der Waals surface area contributed by atoms with E-state index >= 15 is 0 Å². The zero-order valence-corrected chi connectivity index (χ0v) is 58.7. The van der Waals surface area contributed by atoms with E-state index in [9.17, 15) is 0 Å².